The summed E-state index contributed by atoms with van der Waals surface area (Å²) in [4.78, 5) is 22.1. The number of likely N-dealkylation sites (N-methyl/N-ethyl adjacent to an activating group) is 1. The maximum Gasteiger partial charge on any atom is 0.419 e. The lowest BCUT2D eigenvalue weighted by molar-refractivity contribution is -0.140. The zero-order valence-corrected chi connectivity index (χ0v) is 23.2. The number of alkyl halides is 3. The van der Waals surface area contributed by atoms with Crippen LogP contribution in [0.3, 0.4) is 0 Å². The van der Waals surface area contributed by atoms with Gasteiger partial charge in [-0.15, -0.1) is 0 Å². The molecule has 15 heteroatoms. The van der Waals surface area contributed by atoms with Crippen molar-refractivity contribution < 1.29 is 40.6 Å². The van der Waals surface area contributed by atoms with Crippen molar-refractivity contribution in [2.24, 2.45) is 0 Å². The Morgan fingerprint density at radius 1 is 1.15 bits per heavy atom. The highest BCUT2D eigenvalue weighted by Crippen LogP contribution is 2.40. The van der Waals surface area contributed by atoms with Gasteiger partial charge in [-0.3, -0.25) is 9.52 Å². The second kappa shape index (κ2) is 13.2. The molecule has 0 aliphatic heterocycles. The highest BCUT2D eigenvalue weighted by Gasteiger charge is 2.39. The van der Waals surface area contributed by atoms with Gasteiger partial charge in [0.2, 0.25) is 5.88 Å². The van der Waals surface area contributed by atoms with Gasteiger partial charge in [-0.05, 0) is 70.0 Å². The van der Waals surface area contributed by atoms with Crippen LogP contribution in [-0.2, 0) is 21.0 Å². The Labute approximate surface area is 234 Å². The van der Waals surface area contributed by atoms with E-state index in [4.69, 9.17) is 14.6 Å². The topological polar surface area (TPSA) is 135 Å². The molecule has 3 atom stereocenters. The maximum absolute atomic E-state index is 14.8. The van der Waals surface area contributed by atoms with E-state index in [-0.39, 0.29) is 46.5 Å². The number of aromatic nitrogens is 3. The molecule has 2 N–H and O–H groups in total. The number of anilines is 1. The van der Waals surface area contributed by atoms with Gasteiger partial charge < -0.3 is 14.7 Å². The number of ether oxygens (including phenoxy) is 1. The summed E-state index contributed by atoms with van der Waals surface area (Å²) in [6.45, 7) is 1.29. The second-order valence-corrected chi connectivity index (χ2v) is 11.1. The van der Waals surface area contributed by atoms with Crippen LogP contribution in [0.15, 0.2) is 53.8 Å². The number of carbonyl (C=O) groups is 1. The maximum atomic E-state index is 14.8. The molecule has 0 saturated heterocycles. The molecule has 1 aliphatic rings. The lowest BCUT2D eigenvalue weighted by atomic mass is 9.78. The summed E-state index contributed by atoms with van der Waals surface area (Å²) in [5.74, 6) is -1.32. The van der Waals surface area contributed by atoms with Gasteiger partial charge >= 0.3 is 6.18 Å². The molecule has 2 aromatic heterocycles. The summed E-state index contributed by atoms with van der Waals surface area (Å²) >= 11 is 0. The number of sulfonamides is 1. The number of hydrogen-bond donors (Lipinski definition) is 2. The van der Waals surface area contributed by atoms with Gasteiger partial charge in [0.25, 0.3) is 16.5 Å². The molecule has 222 valence electrons. The van der Waals surface area contributed by atoms with Crippen LogP contribution in [0.5, 0.6) is 5.88 Å². The van der Waals surface area contributed by atoms with Gasteiger partial charge in [0.15, 0.2) is 0 Å². The number of benzene rings is 1. The van der Waals surface area contributed by atoms with Crippen LogP contribution < -0.4 is 9.46 Å². The lowest BCUT2D eigenvalue weighted by Gasteiger charge is -2.39. The van der Waals surface area contributed by atoms with Crippen molar-refractivity contribution in [3.05, 3.63) is 71.6 Å². The summed E-state index contributed by atoms with van der Waals surface area (Å²) in [6, 6.07) is 7.40. The lowest BCUT2D eigenvalue weighted by Crippen LogP contribution is -2.46. The van der Waals surface area contributed by atoms with Crippen molar-refractivity contribution in [1.29, 1.82) is 0 Å². The van der Waals surface area contributed by atoms with E-state index < -0.39 is 33.5 Å². The summed E-state index contributed by atoms with van der Waals surface area (Å²) in [5, 5.41) is 6.89. The number of halogens is 4. The second-order valence-electron chi connectivity index (χ2n) is 9.44. The third-order valence-corrected chi connectivity index (χ3v) is 8.07. The van der Waals surface area contributed by atoms with Crippen LogP contribution in [0.2, 0.25) is 0 Å². The molecule has 1 fully saturated rings. The quantitative estimate of drug-likeness (QED) is 0.298. The molecule has 41 heavy (non-hydrogen) atoms. The Bertz CT molecular complexity index is 1440. The zero-order valence-electron chi connectivity index (χ0n) is 22.3. The van der Waals surface area contributed by atoms with E-state index in [1.807, 2.05) is 19.0 Å². The molecule has 3 aromatic rings. The highest BCUT2D eigenvalue weighted by atomic mass is 32.2. The first kappa shape index (κ1) is 31.7. The molecule has 0 spiro atoms. The number of carboxylic acid groups (broad SMARTS) is 1. The van der Waals surface area contributed by atoms with Crippen LogP contribution >= 0.6 is 0 Å². The zero-order chi connectivity index (χ0) is 30.4. The van der Waals surface area contributed by atoms with Gasteiger partial charge in [0, 0.05) is 18.3 Å². The predicted molar refractivity (Wildman–Crippen MR) is 140 cm³/mol. The molecule has 4 rings (SSSR count). The molecule has 2 heterocycles. The minimum absolute atomic E-state index is 0.0450. The fourth-order valence-electron chi connectivity index (χ4n) is 4.74. The molecule has 0 unspecified atom stereocenters. The standard InChI is InChI=1S/C25H27F4N5O3S.CH2O2/c1-15-21(38(35,36)33-22-11-12-30-14-31-22)9-10-23(32-15)37-20-8-7-16(13-19(20)34(2)3)17-5-4-6-18(24(17)26)25(27,28)29;2-1-3/h4-6,9-12,14,16,19-20H,7-8,13H2,1-3H3,(H,30,31,33);1H,(H,2,3)/t16-,19-,20-;/m0./s1. The molecule has 10 nitrogen and oxygen atoms in total. The van der Waals surface area contributed by atoms with Crippen molar-refractivity contribution >= 4 is 22.3 Å². The third kappa shape index (κ3) is 7.88. The molecule has 1 aliphatic carbocycles. The van der Waals surface area contributed by atoms with Crippen LogP contribution in [-0.4, -0.2) is 66.1 Å². The Morgan fingerprint density at radius 2 is 1.85 bits per heavy atom. The van der Waals surface area contributed by atoms with Crippen molar-refractivity contribution in [3.8, 4) is 5.88 Å². The largest absolute Gasteiger partial charge is 0.483 e. The summed E-state index contributed by atoms with van der Waals surface area (Å²) in [7, 11) is -0.319. The number of nitrogens with zero attached hydrogens (tertiary/aromatic N) is 4. The Kier molecular flexibility index (Phi) is 10.2. The van der Waals surface area contributed by atoms with E-state index in [1.54, 1.807) is 0 Å². The molecule has 1 aromatic carbocycles. The van der Waals surface area contributed by atoms with Gasteiger partial charge in [-0.2, -0.15) is 13.2 Å². The van der Waals surface area contributed by atoms with E-state index in [1.165, 1.54) is 49.8 Å². The third-order valence-electron chi connectivity index (χ3n) is 6.59. The SMILES string of the molecule is Cc1nc(O[C@H]2CC[C@H](c3cccc(C(F)(F)F)c3F)C[C@@H]2N(C)C)ccc1S(=O)(=O)Nc1ccncn1.O=CO. The Hall–Kier alpha value is -3.85. The van der Waals surface area contributed by atoms with Crippen LogP contribution in [0.25, 0.3) is 0 Å². The fraction of sp³-hybridized carbons (Fsp3) is 0.385. The highest BCUT2D eigenvalue weighted by molar-refractivity contribution is 7.92. The van der Waals surface area contributed by atoms with Crippen molar-refractivity contribution in [2.75, 3.05) is 18.8 Å². The number of aryl methyl sites for hydroxylation is 1. The molecule has 0 amide bonds. The van der Waals surface area contributed by atoms with Gasteiger partial charge in [-0.1, -0.05) is 12.1 Å². The number of nitrogens with one attached hydrogen (secondary N) is 1. The number of hydrogen-bond acceptors (Lipinski definition) is 8. The van der Waals surface area contributed by atoms with Gasteiger partial charge in [-0.25, -0.2) is 27.8 Å². The van der Waals surface area contributed by atoms with E-state index in [0.717, 1.165) is 6.07 Å². The number of pyridine rings is 1. The average Bonchev–Trinajstić information content (AvgIpc) is 2.89. The van der Waals surface area contributed by atoms with E-state index >= 15 is 0 Å². The first-order valence-electron chi connectivity index (χ1n) is 12.3. The smallest absolute Gasteiger partial charge is 0.419 e. The minimum atomic E-state index is -4.77. The van der Waals surface area contributed by atoms with Crippen molar-refractivity contribution in [3.63, 3.8) is 0 Å². The normalized spacial score (nSPS) is 19.2. The predicted octanol–water partition coefficient (Wildman–Crippen LogP) is 4.48. The molecule has 1 saturated carbocycles. The van der Waals surface area contributed by atoms with Crippen molar-refractivity contribution in [2.45, 2.75) is 55.3 Å². The molecule has 0 radical (unpaired) electrons. The van der Waals surface area contributed by atoms with Gasteiger partial charge in [0.1, 0.15) is 29.0 Å². The van der Waals surface area contributed by atoms with Gasteiger partial charge in [0.05, 0.1) is 11.3 Å². The summed E-state index contributed by atoms with van der Waals surface area (Å²) in [6.07, 6.45) is -1.29. The molecule has 0 bridgehead atoms. The Morgan fingerprint density at radius 3 is 2.44 bits per heavy atom. The first-order valence-corrected chi connectivity index (χ1v) is 13.8. The number of rotatable bonds is 7. The van der Waals surface area contributed by atoms with E-state index in [0.29, 0.717) is 19.3 Å². The Balaban J connectivity index is 0.00000147. The summed E-state index contributed by atoms with van der Waals surface area (Å²) < 4.78 is 88.6. The monoisotopic (exact) mass is 599 g/mol. The van der Waals surface area contributed by atoms with Crippen LogP contribution in [0, 0.1) is 12.7 Å². The average molecular weight is 600 g/mol. The van der Waals surface area contributed by atoms with E-state index in [9.17, 15) is 26.0 Å². The molecular weight excluding hydrogens is 570 g/mol. The van der Waals surface area contributed by atoms with Crippen LogP contribution in [0.4, 0.5) is 23.4 Å². The minimum Gasteiger partial charge on any atom is -0.483 e. The fourth-order valence-corrected chi connectivity index (χ4v) is 5.93. The molecular formula is C26H29F4N5O5S. The van der Waals surface area contributed by atoms with Crippen LogP contribution in [0.1, 0.15) is 42.0 Å². The summed E-state index contributed by atoms with van der Waals surface area (Å²) in [5.41, 5.74) is -1.01. The van der Waals surface area contributed by atoms with E-state index in [2.05, 4.69) is 19.7 Å². The van der Waals surface area contributed by atoms with Crippen molar-refractivity contribution in [1.82, 2.24) is 19.9 Å². The first-order chi connectivity index (χ1) is 19.3.